The SMILES string of the molecule is COc1ccc(CN(Cc2cc3cc(OC)ccc3[nH]c2=O)Cc2nnnn2C(C)(C)C)cc1. The summed E-state index contributed by atoms with van der Waals surface area (Å²) in [6, 6.07) is 15.4. The van der Waals surface area contributed by atoms with E-state index in [-0.39, 0.29) is 11.1 Å². The van der Waals surface area contributed by atoms with E-state index in [1.165, 1.54) is 0 Å². The second-order valence-electron chi connectivity index (χ2n) is 9.25. The third-order valence-corrected chi connectivity index (χ3v) is 5.62. The second-order valence-corrected chi connectivity index (χ2v) is 9.25. The van der Waals surface area contributed by atoms with Crippen molar-refractivity contribution in [3.8, 4) is 11.5 Å². The topological polar surface area (TPSA) is 98.2 Å². The molecule has 2 aromatic heterocycles. The highest BCUT2D eigenvalue weighted by molar-refractivity contribution is 5.80. The van der Waals surface area contributed by atoms with Crippen LogP contribution in [0.25, 0.3) is 10.9 Å². The Kier molecular flexibility index (Phi) is 6.65. The van der Waals surface area contributed by atoms with Crippen molar-refractivity contribution in [1.82, 2.24) is 30.1 Å². The minimum atomic E-state index is -0.262. The standard InChI is InChI=1S/C25H30N6O3/c1-25(2,3)31-23(27-28-29-31)16-30(14-17-6-8-20(33-4)9-7-17)15-19-12-18-13-21(34-5)10-11-22(18)26-24(19)32/h6-13H,14-16H2,1-5H3,(H,26,32). The molecule has 0 fully saturated rings. The van der Waals surface area contributed by atoms with Crippen LogP contribution in [0.5, 0.6) is 11.5 Å². The van der Waals surface area contributed by atoms with Crippen molar-refractivity contribution in [3.05, 3.63) is 75.8 Å². The molecular weight excluding hydrogens is 432 g/mol. The first-order valence-electron chi connectivity index (χ1n) is 11.1. The summed E-state index contributed by atoms with van der Waals surface area (Å²) in [6.07, 6.45) is 0. The van der Waals surface area contributed by atoms with Gasteiger partial charge in [-0.2, -0.15) is 0 Å². The average molecular weight is 463 g/mol. The van der Waals surface area contributed by atoms with Crippen molar-refractivity contribution in [2.45, 2.75) is 45.9 Å². The minimum absolute atomic E-state index is 0.118. The molecule has 0 aliphatic carbocycles. The van der Waals surface area contributed by atoms with Crippen LogP contribution < -0.4 is 15.0 Å². The van der Waals surface area contributed by atoms with Crippen LogP contribution in [0.3, 0.4) is 0 Å². The lowest BCUT2D eigenvalue weighted by molar-refractivity contribution is 0.223. The molecule has 0 aliphatic rings. The molecule has 0 aliphatic heterocycles. The van der Waals surface area contributed by atoms with Gasteiger partial charge in [-0.25, -0.2) is 4.68 Å². The van der Waals surface area contributed by atoms with Crippen LogP contribution in [0.15, 0.2) is 53.3 Å². The number of H-pyrrole nitrogens is 1. The van der Waals surface area contributed by atoms with Crippen molar-refractivity contribution in [1.29, 1.82) is 0 Å². The number of nitrogens with zero attached hydrogens (tertiary/aromatic N) is 5. The van der Waals surface area contributed by atoms with E-state index in [2.05, 4.69) is 46.2 Å². The lowest BCUT2D eigenvalue weighted by Crippen LogP contribution is -2.31. The van der Waals surface area contributed by atoms with Gasteiger partial charge >= 0.3 is 0 Å². The summed E-state index contributed by atoms with van der Waals surface area (Å²) in [6.45, 7) is 7.68. The van der Waals surface area contributed by atoms with Crippen molar-refractivity contribution >= 4 is 10.9 Å². The van der Waals surface area contributed by atoms with Crippen molar-refractivity contribution in [2.75, 3.05) is 14.2 Å². The van der Waals surface area contributed by atoms with Crippen LogP contribution in [0.4, 0.5) is 0 Å². The number of hydrogen-bond acceptors (Lipinski definition) is 7. The number of aromatic amines is 1. The monoisotopic (exact) mass is 462 g/mol. The summed E-state index contributed by atoms with van der Waals surface area (Å²) >= 11 is 0. The van der Waals surface area contributed by atoms with Crippen LogP contribution in [-0.2, 0) is 25.2 Å². The first-order chi connectivity index (χ1) is 16.3. The number of aromatic nitrogens is 5. The lowest BCUT2D eigenvalue weighted by Gasteiger charge is -2.25. The van der Waals surface area contributed by atoms with E-state index in [1.807, 2.05) is 53.2 Å². The summed E-state index contributed by atoms with van der Waals surface area (Å²) in [5.74, 6) is 2.27. The quantitative estimate of drug-likeness (QED) is 0.428. The zero-order valence-electron chi connectivity index (χ0n) is 20.2. The number of rotatable bonds is 8. The molecule has 0 saturated heterocycles. The van der Waals surface area contributed by atoms with Gasteiger partial charge in [0.05, 0.1) is 26.3 Å². The van der Waals surface area contributed by atoms with E-state index in [0.29, 0.717) is 25.2 Å². The van der Waals surface area contributed by atoms with Gasteiger partial charge in [0.1, 0.15) is 11.5 Å². The number of tetrazole rings is 1. The highest BCUT2D eigenvalue weighted by atomic mass is 16.5. The van der Waals surface area contributed by atoms with Gasteiger partial charge in [0.25, 0.3) is 5.56 Å². The van der Waals surface area contributed by atoms with E-state index in [1.54, 1.807) is 14.2 Å². The number of ether oxygens (including phenoxy) is 2. The first kappa shape index (κ1) is 23.4. The Morgan fingerprint density at radius 1 is 0.941 bits per heavy atom. The van der Waals surface area contributed by atoms with Crippen LogP contribution in [0.2, 0.25) is 0 Å². The summed E-state index contributed by atoms with van der Waals surface area (Å²) in [4.78, 5) is 18.1. The predicted molar refractivity (Wildman–Crippen MR) is 130 cm³/mol. The van der Waals surface area contributed by atoms with E-state index in [0.717, 1.165) is 33.8 Å². The van der Waals surface area contributed by atoms with Crippen molar-refractivity contribution in [2.24, 2.45) is 0 Å². The number of hydrogen-bond donors (Lipinski definition) is 1. The molecule has 2 aromatic carbocycles. The number of pyridine rings is 1. The maximum atomic E-state index is 12.9. The molecule has 0 unspecified atom stereocenters. The van der Waals surface area contributed by atoms with Crippen LogP contribution in [-0.4, -0.2) is 44.3 Å². The van der Waals surface area contributed by atoms with Gasteiger partial charge < -0.3 is 14.5 Å². The molecule has 4 aromatic rings. The summed E-state index contributed by atoms with van der Waals surface area (Å²) < 4.78 is 12.5. The fourth-order valence-electron chi connectivity index (χ4n) is 3.90. The summed E-state index contributed by atoms with van der Waals surface area (Å²) in [5, 5.41) is 13.3. The van der Waals surface area contributed by atoms with E-state index >= 15 is 0 Å². The normalized spacial score (nSPS) is 11.8. The molecule has 2 heterocycles. The Bertz CT molecular complexity index is 1320. The van der Waals surface area contributed by atoms with Gasteiger partial charge in [-0.1, -0.05) is 12.1 Å². The largest absolute Gasteiger partial charge is 0.497 e. The van der Waals surface area contributed by atoms with E-state index < -0.39 is 0 Å². The molecule has 9 nitrogen and oxygen atoms in total. The molecule has 0 atom stereocenters. The summed E-state index contributed by atoms with van der Waals surface area (Å²) in [7, 11) is 3.28. The molecular formula is C25H30N6O3. The molecule has 0 spiro atoms. The highest BCUT2D eigenvalue weighted by Crippen LogP contribution is 2.21. The fraction of sp³-hybridized carbons (Fsp3) is 0.360. The highest BCUT2D eigenvalue weighted by Gasteiger charge is 2.22. The molecule has 9 heteroatoms. The van der Waals surface area contributed by atoms with Crippen LogP contribution >= 0.6 is 0 Å². The number of fused-ring (bicyclic) bond motifs is 1. The Labute approximate surface area is 198 Å². The maximum absolute atomic E-state index is 12.9. The molecule has 0 saturated carbocycles. The van der Waals surface area contributed by atoms with Gasteiger partial charge in [-0.05, 0) is 73.2 Å². The van der Waals surface area contributed by atoms with Gasteiger partial charge in [0.15, 0.2) is 5.82 Å². The Balaban J connectivity index is 1.68. The maximum Gasteiger partial charge on any atom is 0.252 e. The predicted octanol–water partition coefficient (Wildman–Crippen LogP) is 3.49. The third kappa shape index (κ3) is 5.26. The molecule has 0 bridgehead atoms. The molecule has 1 N–H and O–H groups in total. The van der Waals surface area contributed by atoms with Gasteiger partial charge in [0, 0.05) is 29.6 Å². The fourth-order valence-corrected chi connectivity index (χ4v) is 3.90. The summed E-state index contributed by atoms with van der Waals surface area (Å²) in [5.41, 5.74) is 2.14. The zero-order chi connectivity index (χ0) is 24.3. The van der Waals surface area contributed by atoms with Gasteiger partial charge in [0.2, 0.25) is 0 Å². The average Bonchev–Trinajstić information content (AvgIpc) is 3.28. The Hall–Kier alpha value is -3.72. The van der Waals surface area contributed by atoms with Crippen LogP contribution in [0.1, 0.15) is 37.7 Å². The second kappa shape index (κ2) is 9.64. The van der Waals surface area contributed by atoms with E-state index in [9.17, 15) is 4.79 Å². The minimum Gasteiger partial charge on any atom is -0.497 e. The first-order valence-corrected chi connectivity index (χ1v) is 11.1. The van der Waals surface area contributed by atoms with E-state index in [4.69, 9.17) is 9.47 Å². The van der Waals surface area contributed by atoms with Crippen molar-refractivity contribution in [3.63, 3.8) is 0 Å². The molecule has 34 heavy (non-hydrogen) atoms. The molecule has 178 valence electrons. The number of methoxy groups -OCH3 is 2. The van der Waals surface area contributed by atoms with Crippen molar-refractivity contribution < 1.29 is 9.47 Å². The molecule has 0 radical (unpaired) electrons. The Morgan fingerprint density at radius 2 is 1.65 bits per heavy atom. The number of benzene rings is 2. The Morgan fingerprint density at radius 3 is 2.32 bits per heavy atom. The lowest BCUT2D eigenvalue weighted by atomic mass is 10.1. The van der Waals surface area contributed by atoms with Gasteiger partial charge in [-0.15, -0.1) is 5.10 Å². The third-order valence-electron chi connectivity index (χ3n) is 5.62. The zero-order valence-corrected chi connectivity index (χ0v) is 20.2. The number of nitrogens with one attached hydrogen (secondary N) is 1. The molecule has 4 rings (SSSR count). The van der Waals surface area contributed by atoms with Crippen LogP contribution in [0, 0.1) is 0 Å². The molecule has 0 amide bonds. The smallest absolute Gasteiger partial charge is 0.252 e. The van der Waals surface area contributed by atoms with Gasteiger partial charge in [-0.3, -0.25) is 9.69 Å².